The maximum Gasteiger partial charge on any atom is 0.407 e. The summed E-state index contributed by atoms with van der Waals surface area (Å²) in [6, 6.07) is 0. The number of amides is 1. The number of Topliss-reactive ketones (excluding diaryl/α,β-unsaturated/α-hetero) is 1. The van der Waals surface area contributed by atoms with Gasteiger partial charge in [0.15, 0.2) is 0 Å². The summed E-state index contributed by atoms with van der Waals surface area (Å²) >= 11 is 0. The molecule has 0 saturated carbocycles. The fourth-order valence-electron chi connectivity index (χ4n) is 0.947. The molecule has 0 bridgehead atoms. The van der Waals surface area contributed by atoms with Crippen molar-refractivity contribution in [3.05, 3.63) is 0 Å². The summed E-state index contributed by atoms with van der Waals surface area (Å²) < 4.78 is 0. The van der Waals surface area contributed by atoms with E-state index in [1.807, 2.05) is 0 Å². The standard InChI is InChI=1S/C6H9NO3.Re/c8-5-1-3-7(4-2-5)6(9)10;/h1-4H2,(H,9,10);. The molecule has 0 aliphatic carbocycles. The SMILES string of the molecule is O=C1CCN(C(=O)O)CC1.[Re]. The van der Waals surface area contributed by atoms with E-state index in [0.717, 1.165) is 0 Å². The minimum absolute atomic E-state index is 0. The Balaban J connectivity index is 0.000001000. The Morgan fingerprint density at radius 3 is 2.18 bits per heavy atom. The van der Waals surface area contributed by atoms with Gasteiger partial charge < -0.3 is 10.0 Å². The third-order valence-electron chi connectivity index (χ3n) is 1.59. The monoisotopic (exact) mass is 330 g/mol. The van der Waals surface area contributed by atoms with Crippen LogP contribution in [-0.4, -0.2) is 35.0 Å². The summed E-state index contributed by atoms with van der Waals surface area (Å²) in [7, 11) is 0. The molecule has 1 amide bonds. The maximum atomic E-state index is 10.6. The first-order valence-electron chi connectivity index (χ1n) is 3.20. The summed E-state index contributed by atoms with van der Waals surface area (Å²) in [5.41, 5.74) is 0. The van der Waals surface area contributed by atoms with Gasteiger partial charge in [-0.1, -0.05) is 0 Å². The van der Waals surface area contributed by atoms with Crippen molar-refractivity contribution >= 4 is 11.9 Å². The molecule has 1 radical (unpaired) electrons. The van der Waals surface area contributed by atoms with Gasteiger partial charge >= 0.3 is 6.09 Å². The third kappa shape index (κ3) is 3.00. The smallest absolute Gasteiger partial charge is 0.407 e. The molecule has 0 aromatic heterocycles. The van der Waals surface area contributed by atoms with E-state index in [1.165, 1.54) is 4.90 Å². The molecule has 1 aliphatic heterocycles. The second-order valence-corrected chi connectivity index (χ2v) is 2.31. The number of ketones is 1. The van der Waals surface area contributed by atoms with E-state index in [9.17, 15) is 9.59 Å². The molecular weight excluding hydrogens is 320 g/mol. The molecule has 11 heavy (non-hydrogen) atoms. The van der Waals surface area contributed by atoms with E-state index in [0.29, 0.717) is 25.9 Å². The van der Waals surface area contributed by atoms with Crippen molar-refractivity contribution in [2.75, 3.05) is 13.1 Å². The van der Waals surface area contributed by atoms with Crippen LogP contribution in [0.25, 0.3) is 0 Å². The molecule has 4 nitrogen and oxygen atoms in total. The van der Waals surface area contributed by atoms with Gasteiger partial charge in [-0.25, -0.2) is 4.79 Å². The van der Waals surface area contributed by atoms with Crippen LogP contribution in [0.15, 0.2) is 0 Å². The molecule has 0 spiro atoms. The quantitative estimate of drug-likeness (QED) is 0.697. The third-order valence-corrected chi connectivity index (χ3v) is 1.59. The van der Waals surface area contributed by atoms with Gasteiger partial charge in [-0.3, -0.25) is 4.79 Å². The fourth-order valence-corrected chi connectivity index (χ4v) is 0.947. The molecule has 1 rings (SSSR count). The molecule has 5 heteroatoms. The van der Waals surface area contributed by atoms with Gasteiger partial charge in [-0.05, 0) is 0 Å². The average molecular weight is 329 g/mol. The molecule has 1 N–H and O–H groups in total. The minimum atomic E-state index is -0.924. The number of nitrogens with zero attached hydrogens (tertiary/aromatic N) is 1. The van der Waals surface area contributed by atoms with Gasteiger partial charge in [-0.2, -0.15) is 0 Å². The first-order valence-corrected chi connectivity index (χ1v) is 3.20. The second-order valence-electron chi connectivity index (χ2n) is 2.31. The summed E-state index contributed by atoms with van der Waals surface area (Å²) in [5.74, 6) is 0.164. The van der Waals surface area contributed by atoms with Gasteiger partial charge in [0, 0.05) is 46.4 Å². The minimum Gasteiger partial charge on any atom is -0.465 e. The first kappa shape index (κ1) is 10.6. The summed E-state index contributed by atoms with van der Waals surface area (Å²) in [4.78, 5) is 22.2. The van der Waals surface area contributed by atoms with Crippen molar-refractivity contribution in [1.82, 2.24) is 4.90 Å². The molecule has 1 fully saturated rings. The van der Waals surface area contributed by atoms with Crippen molar-refractivity contribution < 1.29 is 35.1 Å². The zero-order valence-corrected chi connectivity index (χ0v) is 8.63. The number of carbonyl (C=O) groups excluding carboxylic acids is 1. The van der Waals surface area contributed by atoms with Gasteiger partial charge in [0.2, 0.25) is 0 Å². The first-order chi connectivity index (χ1) is 4.70. The number of rotatable bonds is 0. The topological polar surface area (TPSA) is 57.6 Å². The van der Waals surface area contributed by atoms with Gasteiger partial charge in [0.05, 0.1) is 0 Å². The number of hydrogen-bond acceptors (Lipinski definition) is 2. The maximum absolute atomic E-state index is 10.6. The van der Waals surface area contributed by atoms with E-state index in [1.54, 1.807) is 0 Å². The van der Waals surface area contributed by atoms with Crippen LogP contribution in [0.2, 0.25) is 0 Å². The Hall–Kier alpha value is -0.398. The van der Waals surface area contributed by atoms with Crippen LogP contribution in [0.3, 0.4) is 0 Å². The van der Waals surface area contributed by atoms with E-state index in [2.05, 4.69) is 0 Å². The predicted octanol–water partition coefficient (Wildman–Crippen LogP) is 0.327. The summed E-state index contributed by atoms with van der Waals surface area (Å²) in [6.45, 7) is 0.738. The van der Waals surface area contributed by atoms with Crippen LogP contribution in [0, 0.1) is 0 Å². The molecule has 1 saturated heterocycles. The normalized spacial score (nSPS) is 17.5. The van der Waals surface area contributed by atoms with Crippen LogP contribution < -0.4 is 0 Å². The largest absolute Gasteiger partial charge is 0.465 e. The summed E-state index contributed by atoms with van der Waals surface area (Å²) in [5, 5.41) is 8.44. The van der Waals surface area contributed by atoms with E-state index < -0.39 is 6.09 Å². The molecule has 1 heterocycles. The number of piperidine rings is 1. The molecule has 0 unspecified atom stereocenters. The molecule has 63 valence electrons. The van der Waals surface area contributed by atoms with Crippen molar-refractivity contribution in [3.8, 4) is 0 Å². The number of likely N-dealkylation sites (tertiary alicyclic amines) is 1. The van der Waals surface area contributed by atoms with Crippen LogP contribution in [-0.2, 0) is 25.2 Å². The Bertz CT molecular complexity index is 161. The van der Waals surface area contributed by atoms with Crippen molar-refractivity contribution in [2.24, 2.45) is 0 Å². The molecule has 0 atom stereocenters. The number of carboxylic acid groups (broad SMARTS) is 1. The Morgan fingerprint density at radius 1 is 1.36 bits per heavy atom. The molecule has 0 aromatic rings. The fraction of sp³-hybridized carbons (Fsp3) is 0.667. The Morgan fingerprint density at radius 2 is 1.82 bits per heavy atom. The van der Waals surface area contributed by atoms with E-state index >= 15 is 0 Å². The van der Waals surface area contributed by atoms with Gasteiger partial charge in [0.1, 0.15) is 5.78 Å². The van der Waals surface area contributed by atoms with Gasteiger partial charge in [0.25, 0.3) is 0 Å². The molecule has 1 aliphatic rings. The number of hydrogen-bond donors (Lipinski definition) is 1. The second kappa shape index (κ2) is 4.47. The molecule has 0 aromatic carbocycles. The van der Waals surface area contributed by atoms with Crippen LogP contribution in [0.5, 0.6) is 0 Å². The van der Waals surface area contributed by atoms with Crippen LogP contribution >= 0.6 is 0 Å². The average Bonchev–Trinajstić information content (AvgIpc) is 1.88. The Kier molecular flexibility index (Phi) is 4.31. The van der Waals surface area contributed by atoms with E-state index in [4.69, 9.17) is 5.11 Å². The van der Waals surface area contributed by atoms with Crippen LogP contribution in [0.1, 0.15) is 12.8 Å². The zero-order chi connectivity index (χ0) is 7.56. The molecular formula is C6H9NO3Re. The van der Waals surface area contributed by atoms with Crippen molar-refractivity contribution in [1.29, 1.82) is 0 Å². The predicted molar refractivity (Wildman–Crippen MR) is 33.8 cm³/mol. The van der Waals surface area contributed by atoms with E-state index in [-0.39, 0.29) is 26.2 Å². The Labute approximate surface area is 78.2 Å². The van der Waals surface area contributed by atoms with Crippen LogP contribution in [0.4, 0.5) is 4.79 Å². The van der Waals surface area contributed by atoms with Gasteiger partial charge in [-0.15, -0.1) is 0 Å². The zero-order valence-electron chi connectivity index (χ0n) is 5.92. The van der Waals surface area contributed by atoms with Crippen molar-refractivity contribution in [3.63, 3.8) is 0 Å². The van der Waals surface area contributed by atoms with Crippen molar-refractivity contribution in [2.45, 2.75) is 12.8 Å². The number of carbonyl (C=O) groups is 2. The summed E-state index contributed by atoms with van der Waals surface area (Å²) in [6.07, 6.45) is -0.161.